The summed E-state index contributed by atoms with van der Waals surface area (Å²) in [6.07, 6.45) is 1.07. The highest BCUT2D eigenvalue weighted by Crippen LogP contribution is 2.19. The van der Waals surface area contributed by atoms with Crippen LogP contribution in [-0.4, -0.2) is 43.7 Å². The first-order valence-corrected chi connectivity index (χ1v) is 7.55. The molecule has 0 bridgehead atoms. The van der Waals surface area contributed by atoms with Crippen LogP contribution in [0.4, 0.5) is 4.39 Å². The number of rotatable bonds is 6. The molecule has 1 aromatic rings. The molecule has 1 amide bonds. The van der Waals surface area contributed by atoms with Crippen LogP contribution in [0.1, 0.15) is 24.0 Å². The average molecular weight is 382 g/mol. The molecule has 3 N–H and O–H groups in total. The van der Waals surface area contributed by atoms with Gasteiger partial charge in [0.1, 0.15) is 11.9 Å². The predicted molar refractivity (Wildman–Crippen MR) is 97.1 cm³/mol. The number of hydrogen-bond donors (Lipinski definition) is 2. The molecule has 0 saturated carbocycles. The smallest absolute Gasteiger partial charge is 0.249 e. The van der Waals surface area contributed by atoms with Crippen molar-refractivity contribution in [1.29, 1.82) is 0 Å². The van der Waals surface area contributed by atoms with Gasteiger partial charge in [-0.05, 0) is 44.6 Å². The van der Waals surface area contributed by atoms with E-state index in [2.05, 4.69) is 5.32 Å². The van der Waals surface area contributed by atoms with Crippen molar-refractivity contribution >= 4 is 30.7 Å². The summed E-state index contributed by atoms with van der Waals surface area (Å²) in [5, 5.41) is 2.84. The van der Waals surface area contributed by atoms with Crippen LogP contribution in [0.3, 0.4) is 0 Å². The number of hydrogen-bond acceptors (Lipinski definition) is 4. The van der Waals surface area contributed by atoms with E-state index in [0.717, 1.165) is 12.0 Å². The molecule has 0 spiro atoms. The van der Waals surface area contributed by atoms with Crippen LogP contribution in [-0.2, 0) is 22.6 Å². The zero-order valence-corrected chi connectivity index (χ0v) is 15.6. The van der Waals surface area contributed by atoms with E-state index in [0.29, 0.717) is 31.6 Å². The van der Waals surface area contributed by atoms with Gasteiger partial charge >= 0.3 is 0 Å². The van der Waals surface area contributed by atoms with E-state index >= 15 is 0 Å². The molecule has 2 atom stereocenters. The minimum absolute atomic E-state index is 0. The molecule has 1 aliphatic rings. The van der Waals surface area contributed by atoms with E-state index in [1.165, 1.54) is 6.07 Å². The third-order valence-corrected chi connectivity index (χ3v) is 3.73. The molecule has 24 heavy (non-hydrogen) atoms. The molecule has 0 unspecified atom stereocenters. The van der Waals surface area contributed by atoms with Crippen LogP contribution in [0.25, 0.3) is 0 Å². The Hall–Kier alpha value is -0.920. The number of carbonyl (C=O) groups excluding carboxylic acids is 1. The van der Waals surface area contributed by atoms with E-state index in [9.17, 15) is 9.18 Å². The van der Waals surface area contributed by atoms with E-state index < -0.39 is 6.10 Å². The highest BCUT2D eigenvalue weighted by Gasteiger charge is 2.29. The molecular weight excluding hydrogens is 356 g/mol. The number of halogens is 3. The summed E-state index contributed by atoms with van der Waals surface area (Å²) in [4.78, 5) is 14.0. The van der Waals surface area contributed by atoms with Gasteiger partial charge in [0.2, 0.25) is 5.91 Å². The largest absolute Gasteiger partial charge is 0.364 e. The summed E-state index contributed by atoms with van der Waals surface area (Å²) in [6, 6.07) is 4.91. The molecule has 2 rings (SSSR count). The highest BCUT2D eigenvalue weighted by molar-refractivity contribution is 5.85. The lowest BCUT2D eigenvalue weighted by Gasteiger charge is -2.14. The molecule has 1 heterocycles. The molecule has 0 aromatic heterocycles. The van der Waals surface area contributed by atoms with Gasteiger partial charge in [0.05, 0.1) is 6.10 Å². The first kappa shape index (κ1) is 23.1. The Bertz CT molecular complexity index is 532. The molecule has 5 nitrogen and oxygen atoms in total. The number of carbonyl (C=O) groups is 1. The van der Waals surface area contributed by atoms with Crippen molar-refractivity contribution in [3.8, 4) is 0 Å². The van der Waals surface area contributed by atoms with Crippen molar-refractivity contribution in [2.75, 3.05) is 20.6 Å². The fourth-order valence-corrected chi connectivity index (χ4v) is 2.57. The molecule has 0 radical (unpaired) electrons. The van der Waals surface area contributed by atoms with Gasteiger partial charge in [-0.15, -0.1) is 24.8 Å². The second-order valence-electron chi connectivity index (χ2n) is 5.94. The summed E-state index contributed by atoms with van der Waals surface area (Å²) in [7, 11) is 3.78. The van der Waals surface area contributed by atoms with Crippen molar-refractivity contribution in [3.05, 3.63) is 35.1 Å². The molecule has 0 aliphatic carbocycles. The van der Waals surface area contributed by atoms with Gasteiger partial charge in [0.15, 0.2) is 0 Å². The standard InChI is InChI=1S/C16H24FN3O2.2ClH/c1-20(2)10-12-7-11(3-5-14(12)17)9-19-16(21)15-6-4-13(8-18)22-15;;/h3,5,7,13,15H,4,6,8-10,18H2,1-2H3,(H,19,21);2*1H/t13-,15+;;/m1../s1. The number of nitrogens with zero attached hydrogens (tertiary/aromatic N) is 1. The minimum Gasteiger partial charge on any atom is -0.364 e. The van der Waals surface area contributed by atoms with Gasteiger partial charge in [-0.2, -0.15) is 0 Å². The van der Waals surface area contributed by atoms with Gasteiger partial charge in [0.25, 0.3) is 0 Å². The zero-order chi connectivity index (χ0) is 16.1. The van der Waals surface area contributed by atoms with Crippen molar-refractivity contribution < 1.29 is 13.9 Å². The Labute approximate surface area is 154 Å². The number of benzene rings is 1. The third kappa shape index (κ3) is 6.53. The Morgan fingerprint density at radius 2 is 2.08 bits per heavy atom. The SMILES string of the molecule is CN(C)Cc1cc(CNC(=O)[C@@H]2CC[C@H](CN)O2)ccc1F.Cl.Cl. The summed E-state index contributed by atoms with van der Waals surface area (Å²) in [6.45, 7) is 1.33. The topological polar surface area (TPSA) is 67.6 Å². The van der Waals surface area contributed by atoms with Gasteiger partial charge in [-0.25, -0.2) is 4.39 Å². The second-order valence-corrected chi connectivity index (χ2v) is 5.94. The maximum Gasteiger partial charge on any atom is 0.249 e. The number of ether oxygens (including phenoxy) is 1. The van der Waals surface area contributed by atoms with Crippen LogP contribution >= 0.6 is 24.8 Å². The van der Waals surface area contributed by atoms with Crippen molar-refractivity contribution in [3.63, 3.8) is 0 Å². The minimum atomic E-state index is -0.421. The lowest BCUT2D eigenvalue weighted by Crippen LogP contribution is -2.35. The van der Waals surface area contributed by atoms with Crippen molar-refractivity contribution in [2.45, 2.75) is 38.1 Å². The van der Waals surface area contributed by atoms with E-state index in [-0.39, 0.29) is 42.6 Å². The Balaban J connectivity index is 0.00000264. The Morgan fingerprint density at radius 1 is 1.38 bits per heavy atom. The van der Waals surface area contributed by atoms with E-state index in [4.69, 9.17) is 10.5 Å². The normalized spacial score (nSPS) is 19.5. The quantitative estimate of drug-likeness (QED) is 0.788. The fraction of sp³-hybridized carbons (Fsp3) is 0.562. The van der Waals surface area contributed by atoms with E-state index in [1.807, 2.05) is 19.0 Å². The first-order chi connectivity index (χ1) is 10.5. The summed E-state index contributed by atoms with van der Waals surface area (Å²) < 4.78 is 19.3. The van der Waals surface area contributed by atoms with Gasteiger partial charge in [-0.1, -0.05) is 6.07 Å². The van der Waals surface area contributed by atoms with Crippen LogP contribution in [0.5, 0.6) is 0 Å². The zero-order valence-electron chi connectivity index (χ0n) is 14.0. The molecular formula is C16H26Cl2FN3O2. The van der Waals surface area contributed by atoms with Gasteiger partial charge in [0, 0.05) is 25.2 Å². The second kappa shape index (κ2) is 10.8. The van der Waals surface area contributed by atoms with Crippen molar-refractivity contribution in [2.24, 2.45) is 5.73 Å². The maximum atomic E-state index is 13.7. The molecule has 1 aliphatic heterocycles. The maximum absolute atomic E-state index is 13.7. The lowest BCUT2D eigenvalue weighted by atomic mass is 10.1. The molecule has 8 heteroatoms. The van der Waals surface area contributed by atoms with E-state index in [1.54, 1.807) is 12.1 Å². The molecule has 1 aromatic carbocycles. The fourth-order valence-electron chi connectivity index (χ4n) is 2.57. The van der Waals surface area contributed by atoms with Gasteiger partial charge in [-0.3, -0.25) is 4.79 Å². The number of nitrogens with one attached hydrogen (secondary N) is 1. The Kier molecular flexibility index (Phi) is 10.4. The van der Waals surface area contributed by atoms with Crippen LogP contribution in [0.2, 0.25) is 0 Å². The van der Waals surface area contributed by atoms with Crippen LogP contribution < -0.4 is 11.1 Å². The summed E-state index contributed by atoms with van der Waals surface area (Å²) in [5.41, 5.74) is 7.03. The van der Waals surface area contributed by atoms with Crippen molar-refractivity contribution in [1.82, 2.24) is 10.2 Å². The third-order valence-electron chi connectivity index (χ3n) is 3.73. The highest BCUT2D eigenvalue weighted by atomic mass is 35.5. The number of nitrogens with two attached hydrogens (primary N) is 1. The monoisotopic (exact) mass is 381 g/mol. The molecule has 1 fully saturated rings. The average Bonchev–Trinajstić information content (AvgIpc) is 2.96. The molecule has 1 saturated heterocycles. The first-order valence-electron chi connectivity index (χ1n) is 7.55. The predicted octanol–water partition coefficient (Wildman–Crippen LogP) is 1.85. The summed E-state index contributed by atoms with van der Waals surface area (Å²) >= 11 is 0. The molecule has 138 valence electrons. The van der Waals surface area contributed by atoms with Crippen LogP contribution in [0.15, 0.2) is 18.2 Å². The van der Waals surface area contributed by atoms with Gasteiger partial charge < -0.3 is 20.7 Å². The Morgan fingerprint density at radius 3 is 2.67 bits per heavy atom. The number of amides is 1. The van der Waals surface area contributed by atoms with Crippen LogP contribution in [0, 0.1) is 5.82 Å². The summed E-state index contributed by atoms with van der Waals surface area (Å²) in [5.74, 6) is -0.358. The lowest BCUT2D eigenvalue weighted by molar-refractivity contribution is -0.132.